The molecule has 0 unspecified atom stereocenters. The van der Waals surface area contributed by atoms with E-state index < -0.39 is 0 Å². The third-order valence-electron chi connectivity index (χ3n) is 3.41. The summed E-state index contributed by atoms with van der Waals surface area (Å²) in [6.07, 6.45) is 1.01. The molecular weight excluding hydrogens is 262 g/mol. The number of aromatic nitrogens is 3. The van der Waals surface area contributed by atoms with Gasteiger partial charge in [-0.2, -0.15) is 15.0 Å². The molecule has 0 saturated heterocycles. The average molecular weight is 286 g/mol. The van der Waals surface area contributed by atoms with Gasteiger partial charge in [0, 0.05) is 13.1 Å². The van der Waals surface area contributed by atoms with Gasteiger partial charge in [0.2, 0.25) is 17.2 Å². The molecule has 0 saturated carbocycles. The van der Waals surface area contributed by atoms with Crippen LogP contribution in [0.25, 0.3) is 0 Å². The third kappa shape index (κ3) is 5.19. The first kappa shape index (κ1) is 16.0. The smallest absolute Gasteiger partial charge is 0.228 e. The van der Waals surface area contributed by atoms with Crippen LogP contribution >= 0.6 is 11.6 Å². The highest BCUT2D eigenvalue weighted by Gasteiger charge is 2.22. The number of halogens is 1. The van der Waals surface area contributed by atoms with E-state index in [9.17, 15) is 0 Å². The minimum atomic E-state index is 0.163. The van der Waals surface area contributed by atoms with Crippen molar-refractivity contribution in [2.24, 2.45) is 11.3 Å². The van der Waals surface area contributed by atoms with Gasteiger partial charge in [0.25, 0.3) is 0 Å². The molecule has 0 radical (unpaired) electrons. The molecule has 0 aromatic carbocycles. The van der Waals surface area contributed by atoms with E-state index in [0.717, 1.165) is 19.5 Å². The Bertz CT molecular complexity index is 406. The SMILES string of the molecule is CCCNc1nc(Cl)nc(NCC(C)(C)C(C)C)n1. The van der Waals surface area contributed by atoms with Crippen molar-refractivity contribution in [1.29, 1.82) is 0 Å². The summed E-state index contributed by atoms with van der Waals surface area (Å²) in [5.41, 5.74) is 0.163. The summed E-state index contributed by atoms with van der Waals surface area (Å²) in [6.45, 7) is 12.5. The van der Waals surface area contributed by atoms with Crippen LogP contribution in [-0.2, 0) is 0 Å². The Hall–Kier alpha value is -1.10. The lowest BCUT2D eigenvalue weighted by Crippen LogP contribution is -2.29. The summed E-state index contributed by atoms with van der Waals surface area (Å²) in [5, 5.41) is 6.55. The molecule has 0 aliphatic carbocycles. The van der Waals surface area contributed by atoms with Gasteiger partial charge in [-0.15, -0.1) is 0 Å². The monoisotopic (exact) mass is 285 g/mol. The molecule has 0 atom stereocenters. The standard InChI is InChI=1S/C13H24ClN5/c1-6-7-15-11-17-10(14)18-12(19-11)16-8-13(4,5)9(2)3/h9H,6-8H2,1-5H3,(H2,15,16,17,18,19). The molecule has 6 heteroatoms. The lowest BCUT2D eigenvalue weighted by atomic mass is 9.81. The summed E-state index contributed by atoms with van der Waals surface area (Å²) in [7, 11) is 0. The molecule has 0 aliphatic rings. The van der Waals surface area contributed by atoms with E-state index in [1.54, 1.807) is 0 Å². The molecule has 1 heterocycles. The predicted molar refractivity (Wildman–Crippen MR) is 80.7 cm³/mol. The number of rotatable bonds is 7. The van der Waals surface area contributed by atoms with Gasteiger partial charge in [0.15, 0.2) is 0 Å². The van der Waals surface area contributed by atoms with Gasteiger partial charge >= 0.3 is 0 Å². The van der Waals surface area contributed by atoms with E-state index in [0.29, 0.717) is 17.8 Å². The second-order valence-electron chi connectivity index (χ2n) is 5.68. The van der Waals surface area contributed by atoms with Crippen molar-refractivity contribution in [2.75, 3.05) is 23.7 Å². The van der Waals surface area contributed by atoms with Crippen molar-refractivity contribution >= 4 is 23.5 Å². The number of hydrogen-bond donors (Lipinski definition) is 2. The molecule has 0 aliphatic heterocycles. The Kier molecular flexibility index (Phi) is 5.79. The summed E-state index contributed by atoms with van der Waals surface area (Å²) in [5.74, 6) is 1.61. The van der Waals surface area contributed by atoms with Gasteiger partial charge in [-0.3, -0.25) is 0 Å². The average Bonchev–Trinajstić information content (AvgIpc) is 2.33. The fourth-order valence-electron chi connectivity index (χ4n) is 1.26. The molecule has 1 rings (SSSR count). The fraction of sp³-hybridized carbons (Fsp3) is 0.769. The van der Waals surface area contributed by atoms with Crippen molar-refractivity contribution in [3.8, 4) is 0 Å². The molecule has 108 valence electrons. The summed E-state index contributed by atoms with van der Waals surface area (Å²) in [4.78, 5) is 12.4. The van der Waals surface area contributed by atoms with Crippen molar-refractivity contribution in [3.05, 3.63) is 5.28 Å². The van der Waals surface area contributed by atoms with Crippen LogP contribution in [0.5, 0.6) is 0 Å². The maximum Gasteiger partial charge on any atom is 0.228 e. The van der Waals surface area contributed by atoms with Crippen LogP contribution in [0.4, 0.5) is 11.9 Å². The first-order chi connectivity index (χ1) is 8.85. The zero-order valence-corrected chi connectivity index (χ0v) is 13.2. The highest BCUT2D eigenvalue weighted by molar-refractivity contribution is 6.28. The normalized spacial score (nSPS) is 11.7. The molecule has 0 amide bonds. The van der Waals surface area contributed by atoms with Crippen molar-refractivity contribution < 1.29 is 0 Å². The molecule has 5 nitrogen and oxygen atoms in total. The molecule has 2 N–H and O–H groups in total. The van der Waals surface area contributed by atoms with E-state index in [-0.39, 0.29) is 10.7 Å². The summed E-state index contributed by atoms with van der Waals surface area (Å²) in [6, 6.07) is 0. The van der Waals surface area contributed by atoms with E-state index in [4.69, 9.17) is 11.6 Å². The van der Waals surface area contributed by atoms with Crippen LogP contribution in [0.1, 0.15) is 41.0 Å². The highest BCUT2D eigenvalue weighted by Crippen LogP contribution is 2.26. The largest absolute Gasteiger partial charge is 0.354 e. The third-order valence-corrected chi connectivity index (χ3v) is 3.58. The van der Waals surface area contributed by atoms with Crippen molar-refractivity contribution in [1.82, 2.24) is 15.0 Å². The van der Waals surface area contributed by atoms with E-state index in [1.807, 2.05) is 0 Å². The van der Waals surface area contributed by atoms with Crippen molar-refractivity contribution in [3.63, 3.8) is 0 Å². The maximum atomic E-state index is 5.90. The second kappa shape index (κ2) is 6.89. The molecule has 1 aromatic rings. The topological polar surface area (TPSA) is 62.7 Å². The van der Waals surface area contributed by atoms with E-state index >= 15 is 0 Å². The van der Waals surface area contributed by atoms with Gasteiger partial charge < -0.3 is 10.6 Å². The van der Waals surface area contributed by atoms with Crippen LogP contribution in [0, 0.1) is 11.3 Å². The first-order valence-corrected chi connectivity index (χ1v) is 7.12. The second-order valence-corrected chi connectivity index (χ2v) is 6.01. The van der Waals surface area contributed by atoms with Crippen LogP contribution in [0.2, 0.25) is 5.28 Å². The van der Waals surface area contributed by atoms with Gasteiger partial charge in [0.05, 0.1) is 0 Å². The Morgan fingerprint density at radius 3 is 2.21 bits per heavy atom. The minimum absolute atomic E-state index is 0.163. The minimum Gasteiger partial charge on any atom is -0.354 e. The molecule has 1 aromatic heterocycles. The zero-order valence-electron chi connectivity index (χ0n) is 12.4. The molecule has 0 fully saturated rings. The van der Waals surface area contributed by atoms with Crippen LogP contribution in [0.3, 0.4) is 0 Å². The zero-order chi connectivity index (χ0) is 14.5. The molecule has 0 bridgehead atoms. The summed E-state index contributed by atoms with van der Waals surface area (Å²) >= 11 is 5.90. The van der Waals surface area contributed by atoms with E-state index in [2.05, 4.69) is 60.2 Å². The van der Waals surface area contributed by atoms with Crippen LogP contribution in [0.15, 0.2) is 0 Å². The quantitative estimate of drug-likeness (QED) is 0.803. The Morgan fingerprint density at radius 2 is 1.68 bits per heavy atom. The van der Waals surface area contributed by atoms with Gasteiger partial charge in [-0.25, -0.2) is 0 Å². The van der Waals surface area contributed by atoms with Gasteiger partial charge in [-0.05, 0) is 29.4 Å². The number of nitrogens with one attached hydrogen (secondary N) is 2. The van der Waals surface area contributed by atoms with Crippen molar-refractivity contribution in [2.45, 2.75) is 41.0 Å². The van der Waals surface area contributed by atoms with Crippen LogP contribution < -0.4 is 10.6 Å². The molecule has 0 spiro atoms. The Balaban J connectivity index is 2.70. The van der Waals surface area contributed by atoms with Crippen LogP contribution in [-0.4, -0.2) is 28.0 Å². The lowest BCUT2D eigenvalue weighted by molar-refractivity contribution is 0.269. The predicted octanol–water partition coefficient (Wildman–Crippen LogP) is 3.44. The van der Waals surface area contributed by atoms with E-state index in [1.165, 1.54) is 0 Å². The number of anilines is 2. The Morgan fingerprint density at radius 1 is 1.11 bits per heavy atom. The molecular formula is C13H24ClN5. The fourth-order valence-corrected chi connectivity index (χ4v) is 1.42. The highest BCUT2D eigenvalue weighted by atomic mass is 35.5. The summed E-state index contributed by atoms with van der Waals surface area (Å²) < 4.78 is 0. The first-order valence-electron chi connectivity index (χ1n) is 6.74. The molecule has 19 heavy (non-hydrogen) atoms. The maximum absolute atomic E-state index is 5.90. The lowest BCUT2D eigenvalue weighted by Gasteiger charge is -2.29. The van der Waals surface area contributed by atoms with Gasteiger partial charge in [-0.1, -0.05) is 34.6 Å². The number of nitrogens with zero attached hydrogens (tertiary/aromatic N) is 3. The Labute approximate surface area is 120 Å². The van der Waals surface area contributed by atoms with Gasteiger partial charge in [0.1, 0.15) is 0 Å². The number of hydrogen-bond acceptors (Lipinski definition) is 5.